The average molecular weight is 438 g/mol. The van der Waals surface area contributed by atoms with Gasteiger partial charge in [0.2, 0.25) is 11.9 Å². The Morgan fingerprint density at radius 3 is 2.69 bits per heavy atom. The van der Waals surface area contributed by atoms with Crippen LogP contribution in [0.3, 0.4) is 0 Å². The smallest absolute Gasteiger partial charge is 0.339 e. The zero-order valence-corrected chi connectivity index (χ0v) is 18.6. The molecule has 32 heavy (non-hydrogen) atoms. The number of nitrogens with one attached hydrogen (secondary N) is 1. The molecule has 9 heteroatoms. The van der Waals surface area contributed by atoms with Crippen LogP contribution in [0.1, 0.15) is 44.5 Å². The molecule has 0 radical (unpaired) electrons. The molecule has 0 unspecified atom stereocenters. The summed E-state index contributed by atoms with van der Waals surface area (Å²) in [4.78, 5) is 34.6. The molecule has 168 valence electrons. The first-order valence-electron chi connectivity index (χ1n) is 10.5. The van der Waals surface area contributed by atoms with Gasteiger partial charge in [0.25, 0.3) is 0 Å². The fraction of sp³-hybridized carbons (Fsp3) is 0.435. The molecule has 1 fully saturated rings. The summed E-state index contributed by atoms with van der Waals surface area (Å²) < 4.78 is 5.67. The van der Waals surface area contributed by atoms with Gasteiger partial charge in [-0.05, 0) is 36.5 Å². The van der Waals surface area contributed by atoms with E-state index in [1.165, 1.54) is 17.2 Å². The standard InChI is InChI=1S/C23H27N5O4/c1-14(2)12-32-18-11-16(5-6-17(18)20(29)30)26-22-25-9-7-19(27-22)28-10-8-23(13-24,15(3)4)21(28)31/h5-7,9,11,14-15H,8,10,12H2,1-4H3,(H,29,30)(H,25,26,27)/t23-/m1/s1. The molecule has 1 aromatic heterocycles. The van der Waals surface area contributed by atoms with E-state index < -0.39 is 11.4 Å². The molecule has 0 spiro atoms. The van der Waals surface area contributed by atoms with Crippen LogP contribution in [0.2, 0.25) is 0 Å². The van der Waals surface area contributed by atoms with E-state index in [2.05, 4.69) is 21.4 Å². The number of hydrogen-bond donors (Lipinski definition) is 2. The number of carboxylic acids is 1. The van der Waals surface area contributed by atoms with Crippen molar-refractivity contribution in [3.05, 3.63) is 36.0 Å². The van der Waals surface area contributed by atoms with Crippen molar-refractivity contribution < 1.29 is 19.4 Å². The monoisotopic (exact) mass is 437 g/mol. The van der Waals surface area contributed by atoms with Gasteiger partial charge in [-0.1, -0.05) is 27.7 Å². The summed E-state index contributed by atoms with van der Waals surface area (Å²) in [5.74, 6) is -0.310. The maximum absolute atomic E-state index is 13.0. The van der Waals surface area contributed by atoms with Crippen LogP contribution in [0.15, 0.2) is 30.5 Å². The highest BCUT2D eigenvalue weighted by atomic mass is 16.5. The number of anilines is 3. The van der Waals surface area contributed by atoms with Crippen LogP contribution < -0.4 is 15.0 Å². The minimum absolute atomic E-state index is 0.0649. The number of benzene rings is 1. The number of carbonyl (C=O) groups is 2. The van der Waals surface area contributed by atoms with E-state index in [0.717, 1.165) is 0 Å². The molecule has 2 heterocycles. The zero-order valence-electron chi connectivity index (χ0n) is 18.6. The van der Waals surface area contributed by atoms with Gasteiger partial charge in [-0.25, -0.2) is 9.78 Å². The van der Waals surface area contributed by atoms with Crippen molar-refractivity contribution in [2.75, 3.05) is 23.4 Å². The number of rotatable bonds is 8. The summed E-state index contributed by atoms with van der Waals surface area (Å²) in [6.45, 7) is 8.48. The first-order chi connectivity index (χ1) is 15.2. The van der Waals surface area contributed by atoms with Gasteiger partial charge in [0.05, 0.1) is 12.7 Å². The van der Waals surface area contributed by atoms with Crippen molar-refractivity contribution in [2.24, 2.45) is 17.3 Å². The quantitative estimate of drug-likeness (QED) is 0.637. The number of nitriles is 1. The van der Waals surface area contributed by atoms with Gasteiger partial charge in [-0.3, -0.25) is 9.69 Å². The number of carboxylic acid groups (broad SMARTS) is 1. The number of nitrogens with zero attached hydrogens (tertiary/aromatic N) is 4. The Bertz CT molecular complexity index is 1060. The van der Waals surface area contributed by atoms with Gasteiger partial charge in [-0.2, -0.15) is 10.2 Å². The minimum Gasteiger partial charge on any atom is -0.492 e. The van der Waals surface area contributed by atoms with Crippen LogP contribution in [-0.4, -0.2) is 40.1 Å². The molecule has 1 aliphatic rings. The molecule has 1 aromatic carbocycles. The number of carbonyl (C=O) groups excluding carboxylic acids is 1. The predicted octanol–water partition coefficient (Wildman–Crippen LogP) is 3.86. The molecule has 0 aliphatic carbocycles. The second-order valence-electron chi connectivity index (χ2n) is 8.53. The topological polar surface area (TPSA) is 128 Å². The summed E-state index contributed by atoms with van der Waals surface area (Å²) in [5.41, 5.74) is -0.435. The van der Waals surface area contributed by atoms with Gasteiger partial charge in [0.1, 0.15) is 22.5 Å². The van der Waals surface area contributed by atoms with E-state index in [1.54, 1.807) is 18.2 Å². The SMILES string of the molecule is CC(C)COc1cc(Nc2nccc(N3CC[C@@](C#N)(C(C)C)C3=O)n2)ccc1C(=O)O. The fourth-order valence-corrected chi connectivity index (χ4v) is 3.57. The molecule has 1 saturated heterocycles. The minimum atomic E-state index is -1.08. The van der Waals surface area contributed by atoms with Crippen molar-refractivity contribution in [2.45, 2.75) is 34.1 Å². The lowest BCUT2D eigenvalue weighted by Gasteiger charge is -2.24. The highest BCUT2D eigenvalue weighted by molar-refractivity contribution is 6.01. The zero-order chi connectivity index (χ0) is 23.5. The van der Waals surface area contributed by atoms with Crippen molar-refractivity contribution in [3.63, 3.8) is 0 Å². The maximum atomic E-state index is 13.0. The Morgan fingerprint density at radius 1 is 1.34 bits per heavy atom. The Kier molecular flexibility index (Phi) is 6.63. The molecule has 2 aromatic rings. The van der Waals surface area contributed by atoms with Crippen LogP contribution in [0.5, 0.6) is 5.75 Å². The van der Waals surface area contributed by atoms with Crippen LogP contribution in [0.25, 0.3) is 0 Å². The van der Waals surface area contributed by atoms with E-state index in [9.17, 15) is 20.0 Å². The highest BCUT2D eigenvalue weighted by Gasteiger charge is 2.50. The van der Waals surface area contributed by atoms with Crippen LogP contribution in [0, 0.1) is 28.6 Å². The van der Waals surface area contributed by atoms with Gasteiger partial charge >= 0.3 is 5.97 Å². The van der Waals surface area contributed by atoms with Crippen molar-refractivity contribution in [1.29, 1.82) is 5.26 Å². The molecular formula is C23H27N5O4. The third-order valence-electron chi connectivity index (χ3n) is 5.50. The lowest BCUT2D eigenvalue weighted by Crippen LogP contribution is -2.37. The van der Waals surface area contributed by atoms with Crippen LogP contribution >= 0.6 is 0 Å². The third kappa shape index (κ3) is 4.49. The third-order valence-corrected chi connectivity index (χ3v) is 5.50. The molecule has 1 aliphatic heterocycles. The van der Waals surface area contributed by atoms with Gasteiger partial charge in [0.15, 0.2) is 0 Å². The Hall–Kier alpha value is -3.67. The second-order valence-corrected chi connectivity index (χ2v) is 8.53. The summed E-state index contributed by atoms with van der Waals surface area (Å²) in [5, 5.41) is 22.1. The van der Waals surface area contributed by atoms with E-state index in [1.807, 2.05) is 27.7 Å². The highest BCUT2D eigenvalue weighted by Crippen LogP contribution is 2.40. The summed E-state index contributed by atoms with van der Waals surface area (Å²) in [6.07, 6.45) is 1.97. The van der Waals surface area contributed by atoms with E-state index >= 15 is 0 Å². The van der Waals surface area contributed by atoms with Crippen molar-refractivity contribution in [1.82, 2.24) is 9.97 Å². The Labute approximate surface area is 187 Å². The second kappa shape index (κ2) is 9.22. The number of ether oxygens (including phenoxy) is 1. The van der Waals surface area contributed by atoms with Gasteiger partial charge < -0.3 is 15.2 Å². The lowest BCUT2D eigenvalue weighted by molar-refractivity contribution is -0.124. The first-order valence-corrected chi connectivity index (χ1v) is 10.5. The molecule has 0 saturated carbocycles. The van der Waals surface area contributed by atoms with Crippen LogP contribution in [0.4, 0.5) is 17.5 Å². The fourth-order valence-electron chi connectivity index (χ4n) is 3.57. The summed E-state index contributed by atoms with van der Waals surface area (Å²) >= 11 is 0. The molecule has 9 nitrogen and oxygen atoms in total. The number of aromatic carboxylic acids is 1. The first kappa shape index (κ1) is 23.0. The van der Waals surface area contributed by atoms with E-state index in [4.69, 9.17) is 4.74 Å². The molecule has 3 rings (SSSR count). The Morgan fingerprint density at radius 2 is 2.09 bits per heavy atom. The normalized spacial score (nSPS) is 18.2. The number of aromatic nitrogens is 2. The van der Waals surface area contributed by atoms with Crippen molar-refractivity contribution in [3.8, 4) is 11.8 Å². The summed E-state index contributed by atoms with van der Waals surface area (Å²) in [7, 11) is 0. The lowest BCUT2D eigenvalue weighted by atomic mass is 9.77. The molecule has 2 N–H and O–H groups in total. The predicted molar refractivity (Wildman–Crippen MR) is 119 cm³/mol. The van der Waals surface area contributed by atoms with Crippen LogP contribution in [-0.2, 0) is 4.79 Å². The average Bonchev–Trinajstić information content (AvgIpc) is 3.09. The molecule has 1 atom stereocenters. The number of hydrogen-bond acceptors (Lipinski definition) is 7. The largest absolute Gasteiger partial charge is 0.492 e. The van der Waals surface area contributed by atoms with Crippen molar-refractivity contribution >= 4 is 29.3 Å². The van der Waals surface area contributed by atoms with Gasteiger partial charge in [-0.15, -0.1) is 0 Å². The van der Waals surface area contributed by atoms with E-state index in [0.29, 0.717) is 31.1 Å². The molecular weight excluding hydrogens is 410 g/mol. The van der Waals surface area contributed by atoms with Gasteiger partial charge in [0, 0.05) is 24.5 Å². The molecule has 1 amide bonds. The maximum Gasteiger partial charge on any atom is 0.339 e. The summed E-state index contributed by atoms with van der Waals surface area (Å²) in [6, 6.07) is 8.48. The Balaban J connectivity index is 1.84. The molecule has 0 bridgehead atoms. The van der Waals surface area contributed by atoms with E-state index in [-0.39, 0.29) is 35.0 Å². The number of amides is 1.